The lowest BCUT2D eigenvalue weighted by Crippen LogP contribution is -2.30. The van der Waals surface area contributed by atoms with Gasteiger partial charge in [-0.1, -0.05) is 30.3 Å². The maximum absolute atomic E-state index is 13.2. The zero-order valence-corrected chi connectivity index (χ0v) is 17.5. The molecule has 0 saturated carbocycles. The molecule has 6 nitrogen and oxygen atoms in total. The number of aliphatic hydroxyl groups is 1. The highest BCUT2D eigenvalue weighted by atomic mass is 16.5. The molecule has 1 unspecified atom stereocenters. The summed E-state index contributed by atoms with van der Waals surface area (Å²) in [7, 11) is 1.48. The van der Waals surface area contributed by atoms with Gasteiger partial charge in [0.1, 0.15) is 17.6 Å². The van der Waals surface area contributed by atoms with E-state index in [0.29, 0.717) is 22.7 Å². The number of anilines is 1. The molecule has 1 aromatic heterocycles. The summed E-state index contributed by atoms with van der Waals surface area (Å²) < 4.78 is 5.36. The molecule has 0 bridgehead atoms. The average Bonchev–Trinajstić information content (AvgIpc) is 3.06. The number of nitrogens with zero attached hydrogens (tertiary/aromatic N) is 2. The van der Waals surface area contributed by atoms with Crippen LogP contribution in [0.25, 0.3) is 5.76 Å². The van der Waals surface area contributed by atoms with Gasteiger partial charge in [0.05, 0.1) is 23.9 Å². The second-order valence-electron chi connectivity index (χ2n) is 7.34. The second-order valence-corrected chi connectivity index (χ2v) is 7.34. The Hall–Kier alpha value is -3.93. The van der Waals surface area contributed by atoms with Crippen molar-refractivity contribution in [3.8, 4) is 5.75 Å². The molecule has 156 valence electrons. The fourth-order valence-electron chi connectivity index (χ4n) is 3.88. The van der Waals surface area contributed by atoms with Gasteiger partial charge in [0.25, 0.3) is 11.7 Å². The van der Waals surface area contributed by atoms with Crippen LogP contribution in [0, 0.1) is 13.8 Å². The zero-order valence-electron chi connectivity index (χ0n) is 17.5. The standard InChI is InChI=1S/C25H22N2O4/c1-15-9-8-12-19(16(15)2)27-22(18-11-6-7-14-26-18)21(24(29)25(27)30)23(28)17-10-4-5-13-20(17)31-3/h4-14,22,28H,1-3H3/b23-21+. The van der Waals surface area contributed by atoms with Crippen molar-refractivity contribution < 1.29 is 19.4 Å². The third kappa shape index (κ3) is 3.36. The number of aliphatic hydroxyl groups excluding tert-OH is 1. The van der Waals surface area contributed by atoms with Crippen molar-refractivity contribution in [3.05, 3.63) is 94.8 Å². The van der Waals surface area contributed by atoms with E-state index in [2.05, 4.69) is 4.98 Å². The van der Waals surface area contributed by atoms with E-state index in [1.807, 2.05) is 26.0 Å². The van der Waals surface area contributed by atoms with E-state index in [1.54, 1.807) is 54.7 Å². The predicted octanol–water partition coefficient (Wildman–Crippen LogP) is 4.33. The van der Waals surface area contributed by atoms with Gasteiger partial charge in [-0.2, -0.15) is 0 Å². The van der Waals surface area contributed by atoms with Crippen LogP contribution in [0.2, 0.25) is 0 Å². The number of aryl methyl sites for hydroxylation is 1. The fraction of sp³-hybridized carbons (Fsp3) is 0.160. The summed E-state index contributed by atoms with van der Waals surface area (Å²) >= 11 is 0. The van der Waals surface area contributed by atoms with Crippen molar-refractivity contribution in [2.45, 2.75) is 19.9 Å². The number of pyridine rings is 1. The number of ether oxygens (including phenoxy) is 1. The highest BCUT2D eigenvalue weighted by molar-refractivity contribution is 6.51. The van der Waals surface area contributed by atoms with Crippen LogP contribution < -0.4 is 9.64 Å². The van der Waals surface area contributed by atoms with E-state index >= 15 is 0 Å². The van der Waals surface area contributed by atoms with E-state index < -0.39 is 17.7 Å². The fourth-order valence-corrected chi connectivity index (χ4v) is 3.88. The minimum Gasteiger partial charge on any atom is -0.507 e. The maximum atomic E-state index is 13.2. The van der Waals surface area contributed by atoms with Crippen LogP contribution in [0.5, 0.6) is 5.75 Å². The molecular formula is C25H22N2O4. The third-order valence-corrected chi connectivity index (χ3v) is 5.61. The zero-order chi connectivity index (χ0) is 22.1. The van der Waals surface area contributed by atoms with Gasteiger partial charge in [0.15, 0.2) is 0 Å². The van der Waals surface area contributed by atoms with Crippen LogP contribution >= 0.6 is 0 Å². The first-order valence-corrected chi connectivity index (χ1v) is 9.87. The van der Waals surface area contributed by atoms with E-state index in [9.17, 15) is 14.7 Å². The van der Waals surface area contributed by atoms with Gasteiger partial charge >= 0.3 is 0 Å². The molecule has 1 N–H and O–H groups in total. The molecule has 0 spiro atoms. The van der Waals surface area contributed by atoms with Crippen molar-refractivity contribution in [3.63, 3.8) is 0 Å². The molecule has 31 heavy (non-hydrogen) atoms. The first-order valence-electron chi connectivity index (χ1n) is 9.87. The maximum Gasteiger partial charge on any atom is 0.300 e. The Kier molecular flexibility index (Phi) is 5.29. The first kappa shape index (κ1) is 20.3. The summed E-state index contributed by atoms with van der Waals surface area (Å²) in [6.07, 6.45) is 1.60. The Balaban J connectivity index is 2.00. The number of carbonyl (C=O) groups is 2. The van der Waals surface area contributed by atoms with Gasteiger partial charge in [-0.25, -0.2) is 0 Å². The van der Waals surface area contributed by atoms with Gasteiger partial charge in [-0.3, -0.25) is 19.5 Å². The van der Waals surface area contributed by atoms with Crippen LogP contribution in [0.3, 0.4) is 0 Å². The van der Waals surface area contributed by atoms with Crippen molar-refractivity contribution in [2.24, 2.45) is 0 Å². The third-order valence-electron chi connectivity index (χ3n) is 5.61. The monoisotopic (exact) mass is 414 g/mol. The Labute approximate surface area is 180 Å². The van der Waals surface area contributed by atoms with Crippen LogP contribution in [0.1, 0.15) is 28.4 Å². The Morgan fingerprint density at radius 3 is 2.45 bits per heavy atom. The molecule has 3 aromatic rings. The number of carbonyl (C=O) groups excluding carboxylic acids is 2. The van der Waals surface area contributed by atoms with Gasteiger partial charge < -0.3 is 9.84 Å². The quantitative estimate of drug-likeness (QED) is 0.390. The number of rotatable bonds is 4. The lowest BCUT2D eigenvalue weighted by Gasteiger charge is -2.26. The van der Waals surface area contributed by atoms with E-state index in [-0.39, 0.29) is 11.3 Å². The van der Waals surface area contributed by atoms with Crippen LogP contribution in [0.4, 0.5) is 5.69 Å². The number of hydrogen-bond donors (Lipinski definition) is 1. The van der Waals surface area contributed by atoms with Crippen LogP contribution in [-0.2, 0) is 9.59 Å². The van der Waals surface area contributed by atoms with Crippen molar-refractivity contribution in [1.29, 1.82) is 0 Å². The van der Waals surface area contributed by atoms with E-state index in [0.717, 1.165) is 11.1 Å². The lowest BCUT2D eigenvalue weighted by molar-refractivity contribution is -0.132. The summed E-state index contributed by atoms with van der Waals surface area (Å²) in [4.78, 5) is 32.3. The summed E-state index contributed by atoms with van der Waals surface area (Å²) in [6, 6.07) is 16.8. The normalized spacial score (nSPS) is 17.8. The SMILES string of the molecule is COc1ccccc1/C(O)=C1\C(=O)C(=O)N(c2cccc(C)c2C)C1c1ccccn1. The van der Waals surface area contributed by atoms with Crippen LogP contribution in [-0.4, -0.2) is 28.9 Å². The Morgan fingerprint density at radius 1 is 1.00 bits per heavy atom. The second kappa shape index (κ2) is 8.07. The number of ketones is 1. The topological polar surface area (TPSA) is 79.7 Å². The number of benzene rings is 2. The van der Waals surface area contributed by atoms with Gasteiger partial charge in [-0.05, 0) is 55.3 Å². The van der Waals surface area contributed by atoms with Gasteiger partial charge in [0, 0.05) is 11.9 Å². The summed E-state index contributed by atoms with van der Waals surface area (Å²) in [5.74, 6) is -1.36. The number of aromatic nitrogens is 1. The molecule has 1 aliphatic rings. The molecule has 1 atom stereocenters. The minimum absolute atomic E-state index is 0.0193. The molecule has 2 heterocycles. The van der Waals surface area contributed by atoms with Crippen LogP contribution in [0.15, 0.2) is 72.4 Å². The molecule has 2 aromatic carbocycles. The van der Waals surface area contributed by atoms with Crippen molar-refractivity contribution in [2.75, 3.05) is 12.0 Å². The molecule has 1 saturated heterocycles. The highest BCUT2D eigenvalue weighted by Crippen LogP contribution is 2.43. The number of methoxy groups -OCH3 is 1. The summed E-state index contributed by atoms with van der Waals surface area (Å²) in [5, 5.41) is 11.2. The molecule has 1 fully saturated rings. The van der Waals surface area contributed by atoms with Crippen molar-refractivity contribution in [1.82, 2.24) is 4.98 Å². The molecule has 6 heteroatoms. The van der Waals surface area contributed by atoms with Crippen molar-refractivity contribution >= 4 is 23.1 Å². The number of hydrogen-bond acceptors (Lipinski definition) is 5. The minimum atomic E-state index is -0.869. The van der Waals surface area contributed by atoms with Gasteiger partial charge in [-0.15, -0.1) is 0 Å². The van der Waals surface area contributed by atoms with Gasteiger partial charge in [0.2, 0.25) is 0 Å². The largest absolute Gasteiger partial charge is 0.507 e. The smallest absolute Gasteiger partial charge is 0.300 e. The first-order chi connectivity index (χ1) is 15.0. The Bertz CT molecular complexity index is 1200. The summed E-state index contributed by atoms with van der Waals surface area (Å²) in [5.41, 5.74) is 3.28. The van der Waals surface area contributed by atoms with E-state index in [4.69, 9.17) is 4.74 Å². The molecule has 0 radical (unpaired) electrons. The van der Waals surface area contributed by atoms with E-state index in [1.165, 1.54) is 12.0 Å². The number of amides is 1. The number of para-hydroxylation sites is 1. The summed E-state index contributed by atoms with van der Waals surface area (Å²) in [6.45, 7) is 3.85. The highest BCUT2D eigenvalue weighted by Gasteiger charge is 2.48. The predicted molar refractivity (Wildman–Crippen MR) is 118 cm³/mol. The molecular weight excluding hydrogens is 392 g/mol. The Morgan fingerprint density at radius 2 is 1.74 bits per heavy atom. The molecule has 4 rings (SSSR count). The number of Topliss-reactive ketones (excluding diaryl/α,β-unsaturated/α-hetero) is 1. The molecule has 1 amide bonds. The average molecular weight is 414 g/mol. The molecule has 0 aliphatic carbocycles. The lowest BCUT2D eigenvalue weighted by atomic mass is 9.97. The molecule has 1 aliphatic heterocycles.